The lowest BCUT2D eigenvalue weighted by molar-refractivity contribution is -0.139. The van der Waals surface area contributed by atoms with Crippen LogP contribution in [0.5, 0.6) is 11.5 Å². The van der Waals surface area contributed by atoms with Gasteiger partial charge in [-0.2, -0.15) is 0 Å². The van der Waals surface area contributed by atoms with E-state index in [1.54, 1.807) is 23.1 Å². The molecule has 3 N–H and O–H groups in total. The summed E-state index contributed by atoms with van der Waals surface area (Å²) in [4.78, 5) is 39.9. The fourth-order valence-electron chi connectivity index (χ4n) is 5.64. The van der Waals surface area contributed by atoms with Crippen molar-refractivity contribution < 1.29 is 38.8 Å². The van der Waals surface area contributed by atoms with E-state index in [4.69, 9.17) is 14.2 Å². The molecule has 3 unspecified atom stereocenters. The van der Waals surface area contributed by atoms with E-state index in [0.29, 0.717) is 64.4 Å². The number of ether oxygens (including phenoxy) is 3. The molecule has 42 heavy (non-hydrogen) atoms. The first kappa shape index (κ1) is 34.3. The second kappa shape index (κ2) is 17.2. The van der Waals surface area contributed by atoms with Crippen molar-refractivity contribution in [2.24, 2.45) is 5.92 Å². The first-order chi connectivity index (χ1) is 20.2. The van der Waals surface area contributed by atoms with Crippen LogP contribution in [0.15, 0.2) is 23.8 Å². The van der Waals surface area contributed by atoms with Crippen molar-refractivity contribution in [2.45, 2.75) is 89.6 Å². The first-order valence-corrected chi connectivity index (χ1v) is 15.9. The van der Waals surface area contributed by atoms with Crippen molar-refractivity contribution in [2.75, 3.05) is 33.4 Å². The lowest BCUT2D eigenvalue weighted by Gasteiger charge is -2.41. The molecule has 3 rings (SSSR count). The van der Waals surface area contributed by atoms with Crippen molar-refractivity contribution in [3.63, 3.8) is 0 Å². The van der Waals surface area contributed by atoms with Crippen LogP contribution in [0.2, 0.25) is 0 Å². The highest BCUT2D eigenvalue weighted by atomic mass is 127. The average molecular weight is 701 g/mol. The highest BCUT2D eigenvalue weighted by Crippen LogP contribution is 2.37. The van der Waals surface area contributed by atoms with E-state index in [1.165, 1.54) is 20.0 Å². The lowest BCUT2D eigenvalue weighted by atomic mass is 9.87. The second-order valence-electron chi connectivity index (χ2n) is 11.2. The maximum Gasteiger partial charge on any atom is 0.247 e. The quantitative estimate of drug-likeness (QED) is 0.135. The van der Waals surface area contributed by atoms with E-state index >= 15 is 0 Å². The van der Waals surface area contributed by atoms with Crippen molar-refractivity contribution in [3.8, 4) is 11.5 Å². The largest absolute Gasteiger partial charge is 0.493 e. The van der Waals surface area contributed by atoms with E-state index < -0.39 is 24.2 Å². The molecular formula is C31H45IN2O8. The Balaban J connectivity index is 1.92. The molecule has 2 aliphatic carbocycles. The third kappa shape index (κ3) is 9.65. The van der Waals surface area contributed by atoms with Gasteiger partial charge in [0, 0.05) is 43.7 Å². The second-order valence-corrected chi connectivity index (χ2v) is 12.4. The van der Waals surface area contributed by atoms with Gasteiger partial charge in [-0.15, -0.1) is 0 Å². The smallest absolute Gasteiger partial charge is 0.247 e. The molecule has 2 aliphatic rings. The van der Waals surface area contributed by atoms with Crippen LogP contribution in [0, 0.1) is 9.49 Å². The molecule has 234 valence electrons. The first-order valence-electron chi connectivity index (χ1n) is 14.9. The van der Waals surface area contributed by atoms with Crippen molar-refractivity contribution >= 4 is 40.7 Å². The summed E-state index contributed by atoms with van der Waals surface area (Å²) in [5.74, 6) is 0.719. The average Bonchev–Trinajstić information content (AvgIpc) is 3.50. The van der Waals surface area contributed by atoms with Crippen LogP contribution >= 0.6 is 22.6 Å². The molecule has 1 saturated carbocycles. The molecule has 0 aliphatic heterocycles. The standard InChI is InChI=1S/C31H45IN2O8/c1-20(2)41-14-6-12-34(28(37)10-9-21-7-4-5-8-21)25-17-23(31(39)33-11-13-35)18-26(29(25)38)42-30-24(32)15-22(19-36)16-27(30)40-3/h15-16,18-21,25-26,29,35,38H,4-14,17H2,1-3H3,(H,33,39). The molecule has 0 heterocycles. The molecule has 0 aromatic heterocycles. The Bertz CT molecular complexity index is 1090. The summed E-state index contributed by atoms with van der Waals surface area (Å²) < 4.78 is 18.1. The SMILES string of the molecule is COc1cc(C=O)cc(I)c1OC1C=C(C(=O)NCCO)CC(N(CCCOC(C)C)C(=O)CCC2CCCC2)C1O. The Morgan fingerprint density at radius 3 is 2.62 bits per heavy atom. The molecule has 0 saturated heterocycles. The van der Waals surface area contributed by atoms with Crippen LogP contribution in [0.4, 0.5) is 0 Å². The number of carbonyl (C=O) groups excluding carboxylic acids is 3. The summed E-state index contributed by atoms with van der Waals surface area (Å²) in [6.45, 7) is 4.60. The molecule has 0 radical (unpaired) electrons. The Hall–Kier alpha value is -2.22. The number of aliphatic hydroxyl groups is 2. The number of nitrogens with one attached hydrogen (secondary N) is 1. The minimum atomic E-state index is -1.15. The molecule has 1 aromatic carbocycles. The van der Waals surface area contributed by atoms with Gasteiger partial charge in [0.25, 0.3) is 0 Å². The molecule has 1 fully saturated rings. The van der Waals surface area contributed by atoms with Crippen molar-refractivity contribution in [3.05, 3.63) is 32.9 Å². The predicted molar refractivity (Wildman–Crippen MR) is 167 cm³/mol. The number of benzene rings is 1. The number of hydrogen-bond acceptors (Lipinski definition) is 8. The highest BCUT2D eigenvalue weighted by Gasteiger charge is 2.41. The Morgan fingerprint density at radius 1 is 1.24 bits per heavy atom. The fourth-order valence-corrected chi connectivity index (χ4v) is 6.39. The monoisotopic (exact) mass is 700 g/mol. The lowest BCUT2D eigenvalue weighted by Crippen LogP contribution is -2.55. The topological polar surface area (TPSA) is 135 Å². The number of aliphatic hydroxyl groups excluding tert-OH is 2. The number of nitrogens with zero attached hydrogens (tertiary/aromatic N) is 1. The molecule has 11 heteroatoms. The zero-order chi connectivity index (χ0) is 30.6. The normalized spacial score (nSPS) is 20.7. The van der Waals surface area contributed by atoms with Gasteiger partial charge in [0.05, 0.1) is 29.4 Å². The van der Waals surface area contributed by atoms with Gasteiger partial charge in [-0.05, 0) is 73.4 Å². The van der Waals surface area contributed by atoms with Crippen LogP contribution < -0.4 is 14.8 Å². The van der Waals surface area contributed by atoms with Gasteiger partial charge in [0.15, 0.2) is 11.5 Å². The summed E-state index contributed by atoms with van der Waals surface area (Å²) >= 11 is 2.03. The predicted octanol–water partition coefficient (Wildman–Crippen LogP) is 3.64. The maximum absolute atomic E-state index is 13.7. The molecule has 0 spiro atoms. The van der Waals surface area contributed by atoms with Crippen LogP contribution in [0.3, 0.4) is 0 Å². The summed E-state index contributed by atoms with van der Waals surface area (Å²) in [5, 5.41) is 23.6. The van der Waals surface area contributed by atoms with Crippen molar-refractivity contribution in [1.29, 1.82) is 0 Å². The van der Waals surface area contributed by atoms with Gasteiger partial charge in [-0.1, -0.05) is 25.7 Å². The summed E-state index contributed by atoms with van der Waals surface area (Å²) in [6, 6.07) is 2.47. The maximum atomic E-state index is 13.7. The molecule has 3 atom stereocenters. The van der Waals surface area contributed by atoms with Crippen LogP contribution in [-0.2, 0) is 14.3 Å². The Morgan fingerprint density at radius 2 is 1.98 bits per heavy atom. The molecule has 10 nitrogen and oxygen atoms in total. The van der Waals surface area contributed by atoms with E-state index in [-0.39, 0.29) is 31.6 Å². The van der Waals surface area contributed by atoms with Crippen LogP contribution in [-0.4, -0.2) is 91.0 Å². The highest BCUT2D eigenvalue weighted by molar-refractivity contribution is 14.1. The number of hydrogen-bond donors (Lipinski definition) is 3. The zero-order valence-corrected chi connectivity index (χ0v) is 27.0. The summed E-state index contributed by atoms with van der Waals surface area (Å²) in [6.07, 6.45) is 6.77. The van der Waals surface area contributed by atoms with Gasteiger partial charge >= 0.3 is 0 Å². The number of rotatable bonds is 16. The number of methoxy groups -OCH3 is 1. The van der Waals surface area contributed by atoms with E-state index in [0.717, 1.165) is 19.3 Å². The third-order valence-corrected chi connectivity index (χ3v) is 8.61. The number of carbonyl (C=O) groups is 3. The zero-order valence-electron chi connectivity index (χ0n) is 24.9. The fraction of sp³-hybridized carbons (Fsp3) is 0.645. The van der Waals surface area contributed by atoms with E-state index in [1.807, 2.05) is 36.4 Å². The van der Waals surface area contributed by atoms with Gasteiger partial charge in [-0.3, -0.25) is 14.4 Å². The Kier molecular flexibility index (Phi) is 14.0. The van der Waals surface area contributed by atoms with Crippen molar-refractivity contribution in [1.82, 2.24) is 10.2 Å². The van der Waals surface area contributed by atoms with Gasteiger partial charge in [0.2, 0.25) is 11.8 Å². The number of halogens is 1. The van der Waals surface area contributed by atoms with Crippen LogP contribution in [0.25, 0.3) is 0 Å². The number of aldehydes is 1. The van der Waals surface area contributed by atoms with Crippen LogP contribution in [0.1, 0.15) is 75.6 Å². The molecule has 2 amide bonds. The minimum absolute atomic E-state index is 0.0578. The molecular weight excluding hydrogens is 655 g/mol. The van der Waals surface area contributed by atoms with Gasteiger partial charge < -0.3 is 34.6 Å². The third-order valence-electron chi connectivity index (χ3n) is 7.81. The summed E-state index contributed by atoms with van der Waals surface area (Å²) in [5.41, 5.74) is 0.766. The van der Waals surface area contributed by atoms with E-state index in [9.17, 15) is 24.6 Å². The molecule has 0 bridgehead atoms. The van der Waals surface area contributed by atoms with Gasteiger partial charge in [-0.25, -0.2) is 0 Å². The minimum Gasteiger partial charge on any atom is -0.493 e. The van der Waals surface area contributed by atoms with E-state index in [2.05, 4.69) is 5.32 Å². The number of amides is 2. The van der Waals surface area contributed by atoms with Gasteiger partial charge in [0.1, 0.15) is 18.5 Å². The summed E-state index contributed by atoms with van der Waals surface area (Å²) in [7, 11) is 1.46. The molecule has 1 aromatic rings. The Labute approximate surface area is 262 Å².